The summed E-state index contributed by atoms with van der Waals surface area (Å²) < 4.78 is 20.7. The summed E-state index contributed by atoms with van der Waals surface area (Å²) in [6, 6.07) is 0. The molecule has 0 amide bonds. The number of carbonyl (C=O) groups excluding carboxylic acids is 1. The third kappa shape index (κ3) is 2.67. The molecule has 1 rings (SSSR count). The number of hydrogen-bond acceptors (Lipinski definition) is 5. The van der Waals surface area contributed by atoms with Gasteiger partial charge in [-0.1, -0.05) is 0 Å². The van der Waals surface area contributed by atoms with E-state index < -0.39 is 0 Å². The summed E-state index contributed by atoms with van der Waals surface area (Å²) in [6.07, 6.45) is -0.883. The summed E-state index contributed by atoms with van der Waals surface area (Å²) in [5.74, 6) is -0.332. The van der Waals surface area contributed by atoms with Crippen molar-refractivity contribution in [3.05, 3.63) is 0 Å². The monoisotopic (exact) mass is 204 g/mol. The Morgan fingerprint density at radius 2 is 1.71 bits per heavy atom. The quantitative estimate of drug-likeness (QED) is 0.605. The molecule has 1 heterocycles. The van der Waals surface area contributed by atoms with Crippen LogP contribution in [0.3, 0.4) is 0 Å². The van der Waals surface area contributed by atoms with Gasteiger partial charge in [-0.25, -0.2) is 0 Å². The van der Waals surface area contributed by atoms with Crippen LogP contribution in [-0.4, -0.2) is 51.7 Å². The van der Waals surface area contributed by atoms with Crippen LogP contribution in [-0.2, 0) is 23.7 Å². The van der Waals surface area contributed by atoms with E-state index in [2.05, 4.69) is 0 Å². The molecule has 5 heteroatoms. The summed E-state index contributed by atoms with van der Waals surface area (Å²) in [5, 5.41) is 0. The van der Waals surface area contributed by atoms with Gasteiger partial charge in [0.05, 0.1) is 13.2 Å². The van der Waals surface area contributed by atoms with Crippen molar-refractivity contribution in [2.75, 3.05) is 27.4 Å². The molecule has 1 aliphatic heterocycles. The SMILES string of the molecule is CO[C@@H]1COC[C@@H](OC)C1OC(C)=O. The molecule has 1 aliphatic rings. The molecule has 0 radical (unpaired) electrons. The second-order valence-electron chi connectivity index (χ2n) is 3.16. The number of methoxy groups -OCH3 is 2. The van der Waals surface area contributed by atoms with Crippen molar-refractivity contribution in [3.8, 4) is 0 Å². The molecule has 0 spiro atoms. The summed E-state index contributed by atoms with van der Waals surface area (Å²) in [6.45, 7) is 2.22. The molecule has 0 bridgehead atoms. The summed E-state index contributed by atoms with van der Waals surface area (Å²) in [5.41, 5.74) is 0. The van der Waals surface area contributed by atoms with Crippen molar-refractivity contribution in [3.63, 3.8) is 0 Å². The fraction of sp³-hybridized carbons (Fsp3) is 0.889. The minimum absolute atomic E-state index is 0.252. The van der Waals surface area contributed by atoms with E-state index in [1.54, 1.807) is 14.2 Å². The lowest BCUT2D eigenvalue weighted by Crippen LogP contribution is -2.51. The van der Waals surface area contributed by atoms with E-state index in [0.29, 0.717) is 13.2 Å². The molecule has 1 fully saturated rings. The van der Waals surface area contributed by atoms with Crippen LogP contribution in [0.5, 0.6) is 0 Å². The van der Waals surface area contributed by atoms with Crippen molar-refractivity contribution in [2.24, 2.45) is 0 Å². The largest absolute Gasteiger partial charge is 0.457 e. The van der Waals surface area contributed by atoms with E-state index in [1.807, 2.05) is 0 Å². The fourth-order valence-electron chi connectivity index (χ4n) is 1.48. The Kier molecular flexibility index (Phi) is 4.31. The van der Waals surface area contributed by atoms with E-state index in [-0.39, 0.29) is 24.3 Å². The van der Waals surface area contributed by atoms with Gasteiger partial charge in [-0.2, -0.15) is 0 Å². The van der Waals surface area contributed by atoms with Gasteiger partial charge in [0, 0.05) is 21.1 Å². The Balaban J connectivity index is 2.62. The zero-order valence-electron chi connectivity index (χ0n) is 8.69. The Morgan fingerprint density at radius 1 is 1.21 bits per heavy atom. The molecular formula is C9H16O5. The average Bonchev–Trinajstić information content (AvgIpc) is 2.17. The van der Waals surface area contributed by atoms with E-state index in [1.165, 1.54) is 6.92 Å². The smallest absolute Gasteiger partial charge is 0.303 e. The van der Waals surface area contributed by atoms with Crippen molar-refractivity contribution >= 4 is 5.97 Å². The molecule has 82 valence electrons. The highest BCUT2D eigenvalue weighted by Gasteiger charge is 2.36. The van der Waals surface area contributed by atoms with E-state index in [4.69, 9.17) is 18.9 Å². The van der Waals surface area contributed by atoms with Crippen LogP contribution in [0, 0.1) is 0 Å². The second kappa shape index (κ2) is 5.29. The lowest BCUT2D eigenvalue weighted by atomic mass is 10.1. The first-order valence-corrected chi connectivity index (χ1v) is 4.49. The number of rotatable bonds is 3. The lowest BCUT2D eigenvalue weighted by Gasteiger charge is -2.35. The number of esters is 1. The van der Waals surface area contributed by atoms with E-state index in [0.717, 1.165) is 0 Å². The Labute approximate surface area is 83.3 Å². The van der Waals surface area contributed by atoms with Gasteiger partial charge in [-0.05, 0) is 0 Å². The second-order valence-corrected chi connectivity index (χ2v) is 3.16. The molecule has 0 unspecified atom stereocenters. The third-order valence-corrected chi connectivity index (χ3v) is 2.20. The van der Waals surface area contributed by atoms with Crippen molar-refractivity contribution in [2.45, 2.75) is 25.2 Å². The maximum Gasteiger partial charge on any atom is 0.303 e. The third-order valence-electron chi connectivity index (χ3n) is 2.20. The first-order valence-electron chi connectivity index (χ1n) is 4.49. The van der Waals surface area contributed by atoms with Gasteiger partial charge in [0.1, 0.15) is 12.2 Å². The van der Waals surface area contributed by atoms with E-state index in [9.17, 15) is 4.79 Å². The van der Waals surface area contributed by atoms with Crippen LogP contribution in [0.25, 0.3) is 0 Å². The van der Waals surface area contributed by atoms with Crippen molar-refractivity contribution < 1.29 is 23.7 Å². The predicted molar refractivity (Wildman–Crippen MR) is 48.0 cm³/mol. The van der Waals surface area contributed by atoms with Gasteiger partial charge in [0.2, 0.25) is 0 Å². The predicted octanol–water partition coefficient (Wildman–Crippen LogP) is -0.0217. The van der Waals surface area contributed by atoms with Gasteiger partial charge in [-0.3, -0.25) is 4.79 Å². The van der Waals surface area contributed by atoms with Gasteiger partial charge in [0.15, 0.2) is 6.10 Å². The number of carbonyl (C=O) groups is 1. The molecule has 0 saturated carbocycles. The van der Waals surface area contributed by atoms with Gasteiger partial charge < -0.3 is 18.9 Å². The average molecular weight is 204 g/mol. The normalized spacial score (nSPS) is 28.8. The van der Waals surface area contributed by atoms with Crippen molar-refractivity contribution in [1.29, 1.82) is 0 Å². The highest BCUT2D eigenvalue weighted by Crippen LogP contribution is 2.17. The molecule has 0 aromatic rings. The maximum atomic E-state index is 10.9. The van der Waals surface area contributed by atoms with Gasteiger partial charge >= 0.3 is 5.97 Å². The molecule has 0 aliphatic carbocycles. The summed E-state index contributed by atoms with van der Waals surface area (Å²) in [4.78, 5) is 10.9. The van der Waals surface area contributed by atoms with Crippen LogP contribution >= 0.6 is 0 Å². The molecule has 0 aromatic carbocycles. The Hall–Kier alpha value is -0.650. The van der Waals surface area contributed by atoms with Crippen LogP contribution in [0.4, 0.5) is 0 Å². The standard InChI is InChI=1S/C9H16O5/c1-6(10)14-9-7(11-2)4-13-5-8(9)12-3/h7-9H,4-5H2,1-3H3/t7-,8-/m1/s1. The number of ether oxygens (including phenoxy) is 4. The number of hydrogen-bond donors (Lipinski definition) is 0. The van der Waals surface area contributed by atoms with Gasteiger partial charge in [-0.15, -0.1) is 0 Å². The first kappa shape index (κ1) is 11.4. The lowest BCUT2D eigenvalue weighted by molar-refractivity contribution is -0.196. The first-order chi connectivity index (χ1) is 6.69. The summed E-state index contributed by atoms with van der Waals surface area (Å²) in [7, 11) is 3.12. The van der Waals surface area contributed by atoms with E-state index >= 15 is 0 Å². The molecule has 0 aromatic heterocycles. The fourth-order valence-corrected chi connectivity index (χ4v) is 1.48. The highest BCUT2D eigenvalue weighted by molar-refractivity contribution is 5.66. The molecule has 5 nitrogen and oxygen atoms in total. The van der Waals surface area contributed by atoms with Crippen LogP contribution < -0.4 is 0 Å². The van der Waals surface area contributed by atoms with Crippen LogP contribution in [0.15, 0.2) is 0 Å². The molecule has 1 saturated heterocycles. The summed E-state index contributed by atoms with van der Waals surface area (Å²) >= 11 is 0. The van der Waals surface area contributed by atoms with Gasteiger partial charge in [0.25, 0.3) is 0 Å². The Bertz CT molecular complexity index is 182. The maximum absolute atomic E-state index is 10.9. The minimum Gasteiger partial charge on any atom is -0.457 e. The van der Waals surface area contributed by atoms with Crippen molar-refractivity contribution in [1.82, 2.24) is 0 Å². The molecule has 0 N–H and O–H groups in total. The zero-order chi connectivity index (χ0) is 10.6. The Morgan fingerprint density at radius 3 is 2.07 bits per heavy atom. The topological polar surface area (TPSA) is 54.0 Å². The van der Waals surface area contributed by atoms with Crippen LogP contribution in [0.1, 0.15) is 6.92 Å². The van der Waals surface area contributed by atoms with Crippen LogP contribution in [0.2, 0.25) is 0 Å². The molecule has 2 atom stereocenters. The molecule has 14 heavy (non-hydrogen) atoms. The highest BCUT2D eigenvalue weighted by atomic mass is 16.6. The molecular weight excluding hydrogens is 188 g/mol. The zero-order valence-corrected chi connectivity index (χ0v) is 8.69. The minimum atomic E-state index is -0.378.